The van der Waals surface area contributed by atoms with Crippen LogP contribution in [0.3, 0.4) is 0 Å². The van der Waals surface area contributed by atoms with E-state index in [-0.39, 0.29) is 34.8 Å². The second-order valence-corrected chi connectivity index (χ2v) is 1.07. The van der Waals surface area contributed by atoms with Crippen LogP contribution in [0, 0.1) is 0 Å². The number of halogens is 1. The first kappa shape index (κ1) is 15.6. The van der Waals surface area contributed by atoms with Crippen molar-refractivity contribution in [2.75, 3.05) is 14.1 Å². The van der Waals surface area contributed by atoms with Gasteiger partial charge in [0, 0.05) is 14.1 Å². The van der Waals surface area contributed by atoms with E-state index in [1.165, 1.54) is 4.90 Å². The molecule has 4 heteroatoms. The third-order valence-corrected chi connectivity index (χ3v) is 0.211. The summed E-state index contributed by atoms with van der Waals surface area (Å²) in [6.07, 6.45) is 0.750. The minimum atomic E-state index is 0. The Labute approximate surface area is 65.2 Å². The summed E-state index contributed by atoms with van der Waals surface area (Å²) in [7, 11) is 3.38. The largest absolute Gasteiger partial charge is 1.00 e. The summed E-state index contributed by atoms with van der Waals surface area (Å²) in [4.78, 5) is 10.9. The van der Waals surface area contributed by atoms with Gasteiger partial charge < -0.3 is 17.3 Å². The van der Waals surface area contributed by atoms with Crippen molar-refractivity contribution in [1.82, 2.24) is 4.90 Å². The predicted octanol–water partition coefficient (Wildman–Crippen LogP) is -3.29. The van der Waals surface area contributed by atoms with Crippen molar-refractivity contribution in [2.45, 2.75) is 0 Å². The summed E-state index contributed by atoms with van der Waals surface area (Å²) in [6.45, 7) is 0. The Balaban J connectivity index is -0.0000000800. The molecule has 0 aromatic heterocycles. The number of hydrogen-bond donors (Lipinski definition) is 0. The molecule has 0 aliphatic heterocycles. The van der Waals surface area contributed by atoms with Crippen LogP contribution in [0.2, 0.25) is 0 Å². The molecule has 1 amide bonds. The van der Waals surface area contributed by atoms with Crippen molar-refractivity contribution in [3.63, 3.8) is 0 Å². The van der Waals surface area contributed by atoms with Crippen molar-refractivity contribution < 1.29 is 39.6 Å². The van der Waals surface area contributed by atoms with Gasteiger partial charge in [0.1, 0.15) is 0 Å². The topological polar surface area (TPSA) is 20.3 Å². The fourth-order valence-electron chi connectivity index (χ4n) is 0. The molecule has 2 nitrogen and oxygen atoms in total. The fourth-order valence-corrected chi connectivity index (χ4v) is 0. The Bertz CT molecular complexity index is 41.9. The van der Waals surface area contributed by atoms with Crippen LogP contribution in [-0.4, -0.2) is 25.4 Å². The van der Waals surface area contributed by atoms with E-state index in [0.29, 0.717) is 0 Å². The number of carbonyl (C=O) groups excluding carboxylic acids is 1. The van der Waals surface area contributed by atoms with Gasteiger partial charge in [-0.3, -0.25) is 4.79 Å². The average Bonchev–Trinajstić information content (AvgIpc) is 1.38. The number of rotatable bonds is 1. The Morgan fingerprint density at radius 3 is 1.57 bits per heavy atom. The molecule has 0 aromatic rings. The first-order chi connectivity index (χ1) is 2.27. The Morgan fingerprint density at radius 2 is 1.57 bits per heavy atom. The summed E-state index contributed by atoms with van der Waals surface area (Å²) in [5.74, 6) is 0. The molecule has 0 bridgehead atoms. The number of hydrogen-bond acceptors (Lipinski definition) is 1. The second-order valence-electron chi connectivity index (χ2n) is 1.07. The fraction of sp³-hybridized carbons (Fsp3) is 0.667. The van der Waals surface area contributed by atoms with Gasteiger partial charge in [-0.1, -0.05) is 0 Å². The molecule has 0 N–H and O–H groups in total. The molecule has 0 radical (unpaired) electrons. The molecule has 0 unspecified atom stereocenters. The normalized spacial score (nSPS) is 4.86. The SMILES string of the molecule is CN(C)C=O.[Au+].[Cl-]. The van der Waals surface area contributed by atoms with Crippen LogP contribution in [0.25, 0.3) is 0 Å². The van der Waals surface area contributed by atoms with Crippen LogP contribution in [0.5, 0.6) is 0 Å². The molecule has 0 rings (SSSR count). The standard InChI is InChI=1S/C3H7NO.Au.ClH/c1-4(2)3-5;;/h3H,1-2H3;;1H/q;+1;/p-1. The van der Waals surface area contributed by atoms with Gasteiger partial charge >= 0.3 is 22.4 Å². The number of carbonyl (C=O) groups is 1. The van der Waals surface area contributed by atoms with Gasteiger partial charge in [0.15, 0.2) is 0 Å². The summed E-state index contributed by atoms with van der Waals surface area (Å²) >= 11 is 0. The van der Waals surface area contributed by atoms with Gasteiger partial charge in [-0.15, -0.1) is 0 Å². The van der Waals surface area contributed by atoms with E-state index in [1.54, 1.807) is 14.1 Å². The Morgan fingerprint density at radius 1 is 1.43 bits per heavy atom. The van der Waals surface area contributed by atoms with Crippen molar-refractivity contribution in [3.8, 4) is 0 Å². The van der Waals surface area contributed by atoms with E-state index < -0.39 is 0 Å². The molecule has 0 atom stereocenters. The zero-order valence-corrected chi connectivity index (χ0v) is 7.03. The van der Waals surface area contributed by atoms with E-state index in [2.05, 4.69) is 0 Å². The number of nitrogens with zero attached hydrogens (tertiary/aromatic N) is 1. The van der Waals surface area contributed by atoms with Crippen molar-refractivity contribution in [3.05, 3.63) is 0 Å². The number of amides is 1. The van der Waals surface area contributed by atoms with E-state index >= 15 is 0 Å². The van der Waals surface area contributed by atoms with Gasteiger partial charge in [-0.25, -0.2) is 0 Å². The molecule has 0 saturated heterocycles. The van der Waals surface area contributed by atoms with Gasteiger partial charge in [0.25, 0.3) is 0 Å². The Kier molecular flexibility index (Phi) is 21.7. The first-order valence-corrected chi connectivity index (χ1v) is 1.39. The summed E-state index contributed by atoms with van der Waals surface area (Å²) < 4.78 is 0. The molecule has 7 heavy (non-hydrogen) atoms. The van der Waals surface area contributed by atoms with Crippen molar-refractivity contribution in [1.29, 1.82) is 0 Å². The monoisotopic (exact) mass is 305 g/mol. The summed E-state index contributed by atoms with van der Waals surface area (Å²) in [6, 6.07) is 0. The Hall–Kier alpha value is 0.500. The van der Waals surface area contributed by atoms with Crippen LogP contribution in [-0.2, 0) is 27.2 Å². The molecule has 48 valence electrons. The molecule has 0 aromatic carbocycles. The third kappa shape index (κ3) is 21.1. The quantitative estimate of drug-likeness (QED) is 0.367. The van der Waals surface area contributed by atoms with Crippen LogP contribution in [0.15, 0.2) is 0 Å². The molecule has 0 fully saturated rings. The van der Waals surface area contributed by atoms with Crippen molar-refractivity contribution >= 4 is 6.41 Å². The predicted molar refractivity (Wildman–Crippen MR) is 19.8 cm³/mol. The maximum absolute atomic E-state index is 9.43. The molecule has 0 aliphatic rings. The van der Waals surface area contributed by atoms with E-state index in [4.69, 9.17) is 0 Å². The zero-order valence-electron chi connectivity index (χ0n) is 4.11. The molecule has 0 heterocycles. The van der Waals surface area contributed by atoms with E-state index in [0.717, 1.165) is 6.41 Å². The van der Waals surface area contributed by atoms with Crippen molar-refractivity contribution in [2.24, 2.45) is 0 Å². The van der Waals surface area contributed by atoms with E-state index in [1.807, 2.05) is 0 Å². The molecular formula is C3H7AuClNO. The third-order valence-electron chi connectivity index (χ3n) is 0.211. The molecule has 0 saturated carbocycles. The minimum Gasteiger partial charge on any atom is -1.00 e. The average molecular weight is 306 g/mol. The van der Waals surface area contributed by atoms with E-state index in [9.17, 15) is 4.79 Å². The molecular weight excluding hydrogens is 298 g/mol. The maximum Gasteiger partial charge on any atom is 1.00 e. The smallest absolute Gasteiger partial charge is 1.00 e. The summed E-state index contributed by atoms with van der Waals surface area (Å²) in [5.41, 5.74) is 0. The minimum absolute atomic E-state index is 0. The van der Waals surface area contributed by atoms with Gasteiger partial charge in [0.2, 0.25) is 6.41 Å². The maximum atomic E-state index is 9.43. The van der Waals surface area contributed by atoms with Gasteiger partial charge in [-0.05, 0) is 0 Å². The van der Waals surface area contributed by atoms with Gasteiger partial charge in [-0.2, -0.15) is 0 Å². The molecule has 0 aliphatic carbocycles. The van der Waals surface area contributed by atoms with Crippen LogP contribution in [0.1, 0.15) is 0 Å². The van der Waals surface area contributed by atoms with Gasteiger partial charge in [0.05, 0.1) is 0 Å². The zero-order chi connectivity index (χ0) is 4.28. The molecule has 0 spiro atoms. The van der Waals surface area contributed by atoms with Crippen LogP contribution >= 0.6 is 0 Å². The van der Waals surface area contributed by atoms with Crippen LogP contribution < -0.4 is 12.4 Å². The van der Waals surface area contributed by atoms with Crippen LogP contribution in [0.4, 0.5) is 0 Å². The first-order valence-electron chi connectivity index (χ1n) is 1.39. The summed E-state index contributed by atoms with van der Waals surface area (Å²) in [5, 5.41) is 0. The second kappa shape index (κ2) is 9.71.